The topological polar surface area (TPSA) is 61.4 Å². The molecule has 0 radical (unpaired) electrons. The number of halogens is 2. The number of nitrogens with one attached hydrogen (secondary N) is 2. The lowest BCUT2D eigenvalue weighted by atomic mass is 9.48. The molecule has 166 valence electrons. The Morgan fingerprint density at radius 1 is 1.17 bits per heavy atom. The van der Waals surface area contributed by atoms with E-state index >= 15 is 4.39 Å². The van der Waals surface area contributed by atoms with E-state index in [1.807, 2.05) is 12.1 Å². The molecule has 5 rings (SSSR count). The summed E-state index contributed by atoms with van der Waals surface area (Å²) in [7, 11) is 0. The van der Waals surface area contributed by atoms with E-state index in [1.54, 1.807) is 6.07 Å². The van der Waals surface area contributed by atoms with Crippen molar-refractivity contribution in [3.8, 4) is 0 Å². The van der Waals surface area contributed by atoms with Crippen molar-refractivity contribution >= 4 is 17.5 Å². The summed E-state index contributed by atoms with van der Waals surface area (Å²) in [5.41, 5.74) is 0.532. The highest BCUT2D eigenvalue weighted by molar-refractivity contribution is 6.33. The quantitative estimate of drug-likeness (QED) is 0.479. The van der Waals surface area contributed by atoms with Crippen LogP contribution in [0.25, 0.3) is 0 Å². The molecule has 6 heteroatoms. The number of carbonyl (C=O) groups excluding carboxylic acids is 1. The van der Waals surface area contributed by atoms with Gasteiger partial charge in [0.25, 0.3) is 5.91 Å². The van der Waals surface area contributed by atoms with Crippen molar-refractivity contribution in [2.45, 2.75) is 63.5 Å². The lowest BCUT2D eigenvalue weighted by molar-refractivity contribution is -0.121. The van der Waals surface area contributed by atoms with Crippen LogP contribution in [0.15, 0.2) is 18.2 Å². The number of alkyl halides is 1. The van der Waals surface area contributed by atoms with E-state index in [4.69, 9.17) is 16.7 Å². The number of aliphatic hydroxyl groups is 1. The van der Waals surface area contributed by atoms with Gasteiger partial charge in [-0.05, 0) is 106 Å². The van der Waals surface area contributed by atoms with E-state index in [1.165, 1.54) is 6.42 Å². The van der Waals surface area contributed by atoms with Crippen LogP contribution >= 0.6 is 11.6 Å². The molecule has 30 heavy (non-hydrogen) atoms. The fourth-order valence-electron chi connectivity index (χ4n) is 6.55. The zero-order valence-corrected chi connectivity index (χ0v) is 18.4. The summed E-state index contributed by atoms with van der Waals surface area (Å²) in [5, 5.41) is 15.7. The van der Waals surface area contributed by atoms with Crippen LogP contribution in [0.4, 0.5) is 4.39 Å². The molecule has 0 heterocycles. The van der Waals surface area contributed by atoms with Crippen molar-refractivity contribution in [1.29, 1.82) is 0 Å². The lowest BCUT2D eigenvalue weighted by Gasteiger charge is -2.59. The summed E-state index contributed by atoms with van der Waals surface area (Å²) in [4.78, 5) is 12.9. The minimum absolute atomic E-state index is 0.0706. The van der Waals surface area contributed by atoms with Crippen molar-refractivity contribution in [2.75, 3.05) is 26.2 Å². The Labute approximate surface area is 184 Å². The predicted molar refractivity (Wildman–Crippen MR) is 118 cm³/mol. The van der Waals surface area contributed by atoms with Crippen LogP contribution < -0.4 is 10.6 Å². The second kappa shape index (κ2) is 9.13. The molecule has 1 aromatic carbocycles. The highest BCUT2D eigenvalue weighted by atomic mass is 35.5. The Morgan fingerprint density at radius 3 is 2.60 bits per heavy atom. The number of carbonyl (C=O) groups is 1. The van der Waals surface area contributed by atoms with Crippen LogP contribution in [0.1, 0.15) is 67.3 Å². The number of hydrogen-bond acceptors (Lipinski definition) is 3. The number of hydrogen-bond donors (Lipinski definition) is 3. The number of aryl methyl sites for hydroxylation is 1. The van der Waals surface area contributed by atoms with Gasteiger partial charge in [0.05, 0.1) is 10.6 Å². The summed E-state index contributed by atoms with van der Waals surface area (Å²) in [6.07, 6.45) is 7.90. The molecule has 1 amide bonds. The summed E-state index contributed by atoms with van der Waals surface area (Å²) in [6, 6.07) is 5.66. The van der Waals surface area contributed by atoms with Crippen LogP contribution in [0, 0.1) is 17.3 Å². The molecule has 4 saturated carbocycles. The van der Waals surface area contributed by atoms with E-state index in [-0.39, 0.29) is 17.9 Å². The van der Waals surface area contributed by atoms with Gasteiger partial charge in [0.1, 0.15) is 5.67 Å². The summed E-state index contributed by atoms with van der Waals surface area (Å²) >= 11 is 6.33. The van der Waals surface area contributed by atoms with Gasteiger partial charge in [0.2, 0.25) is 0 Å². The number of aliphatic hydroxyl groups excluding tert-OH is 1. The first-order valence-electron chi connectivity index (χ1n) is 11.5. The lowest BCUT2D eigenvalue weighted by Crippen LogP contribution is -2.57. The number of amides is 1. The zero-order chi connectivity index (χ0) is 21.2. The van der Waals surface area contributed by atoms with Crippen molar-refractivity contribution < 1.29 is 14.3 Å². The third-order valence-corrected chi connectivity index (χ3v) is 7.67. The molecule has 4 nitrogen and oxygen atoms in total. The maximum Gasteiger partial charge on any atom is 0.252 e. The molecular weight excluding hydrogens is 403 g/mol. The van der Waals surface area contributed by atoms with E-state index in [0.29, 0.717) is 35.4 Å². The Morgan fingerprint density at radius 2 is 1.90 bits per heavy atom. The van der Waals surface area contributed by atoms with Gasteiger partial charge in [-0.3, -0.25) is 4.79 Å². The molecule has 2 unspecified atom stereocenters. The van der Waals surface area contributed by atoms with E-state index in [2.05, 4.69) is 10.6 Å². The smallest absolute Gasteiger partial charge is 0.252 e. The molecule has 0 spiro atoms. The first kappa shape index (κ1) is 22.0. The van der Waals surface area contributed by atoms with Crippen molar-refractivity contribution in [1.82, 2.24) is 10.6 Å². The first-order valence-corrected chi connectivity index (χ1v) is 11.9. The molecule has 4 aliphatic rings. The van der Waals surface area contributed by atoms with Crippen LogP contribution in [-0.4, -0.2) is 42.9 Å². The van der Waals surface area contributed by atoms with Crippen molar-refractivity contribution in [3.63, 3.8) is 0 Å². The second-order valence-corrected chi connectivity index (χ2v) is 10.4. The van der Waals surface area contributed by atoms with Gasteiger partial charge >= 0.3 is 0 Å². The molecule has 4 bridgehead atoms. The van der Waals surface area contributed by atoms with Gasteiger partial charge in [-0.2, -0.15) is 0 Å². The Hall–Kier alpha value is -1.17. The van der Waals surface area contributed by atoms with Gasteiger partial charge in [-0.25, -0.2) is 4.39 Å². The van der Waals surface area contributed by atoms with Gasteiger partial charge in [-0.15, -0.1) is 0 Å². The summed E-state index contributed by atoms with van der Waals surface area (Å²) in [5.74, 6) is 0.837. The maximum atomic E-state index is 15.2. The summed E-state index contributed by atoms with van der Waals surface area (Å²) in [6.45, 7) is 2.45. The SMILES string of the molecule is O=C(NCC12CC3CC(CC(F)(C3)C1)C2)c1cc(CCCNCCCO)ccc1Cl. The van der Waals surface area contributed by atoms with Gasteiger partial charge in [0.15, 0.2) is 0 Å². The van der Waals surface area contributed by atoms with E-state index < -0.39 is 5.67 Å². The summed E-state index contributed by atoms with van der Waals surface area (Å²) < 4.78 is 15.2. The van der Waals surface area contributed by atoms with Crippen LogP contribution in [0.2, 0.25) is 5.02 Å². The van der Waals surface area contributed by atoms with E-state index in [9.17, 15) is 4.79 Å². The molecule has 0 aromatic heterocycles. The average molecular weight is 437 g/mol. The molecule has 3 N–H and O–H groups in total. The standard InChI is InChI=1S/C24H34ClFN2O2/c25-21-5-4-17(3-1-6-27-7-2-8-29)10-20(21)22(30)28-16-23-11-18-9-19(12-23)14-24(26,13-18)15-23/h4-5,10,18-19,27,29H,1-3,6-9,11-16H2,(H,28,30). The maximum absolute atomic E-state index is 15.2. The Bertz CT molecular complexity index is 758. The molecule has 0 aliphatic heterocycles. The highest BCUT2D eigenvalue weighted by Crippen LogP contribution is 2.62. The predicted octanol–water partition coefficient (Wildman–Crippen LogP) is 4.28. The fraction of sp³-hybridized carbons (Fsp3) is 0.708. The first-order chi connectivity index (χ1) is 14.4. The molecule has 0 saturated heterocycles. The molecule has 4 aliphatic carbocycles. The zero-order valence-electron chi connectivity index (χ0n) is 17.7. The average Bonchev–Trinajstić information content (AvgIpc) is 2.68. The molecule has 2 atom stereocenters. The second-order valence-electron chi connectivity index (χ2n) is 10.0. The number of benzene rings is 1. The number of rotatable bonds is 10. The van der Waals surface area contributed by atoms with Crippen LogP contribution in [-0.2, 0) is 6.42 Å². The monoisotopic (exact) mass is 436 g/mol. The minimum Gasteiger partial charge on any atom is -0.396 e. The Balaban J connectivity index is 1.32. The van der Waals surface area contributed by atoms with E-state index in [0.717, 1.165) is 63.6 Å². The minimum atomic E-state index is -1.00. The largest absolute Gasteiger partial charge is 0.396 e. The van der Waals surface area contributed by atoms with Gasteiger partial charge < -0.3 is 15.7 Å². The molecular formula is C24H34ClFN2O2. The molecule has 1 aromatic rings. The third kappa shape index (κ3) is 5.00. The van der Waals surface area contributed by atoms with Crippen molar-refractivity contribution in [2.24, 2.45) is 17.3 Å². The highest BCUT2D eigenvalue weighted by Gasteiger charge is 2.58. The third-order valence-electron chi connectivity index (χ3n) is 7.34. The van der Waals surface area contributed by atoms with Gasteiger partial charge in [-0.1, -0.05) is 17.7 Å². The normalized spacial score (nSPS) is 31.8. The molecule has 4 fully saturated rings. The van der Waals surface area contributed by atoms with Crippen LogP contribution in [0.3, 0.4) is 0 Å². The van der Waals surface area contributed by atoms with Crippen LogP contribution in [0.5, 0.6) is 0 Å². The fourth-order valence-corrected chi connectivity index (χ4v) is 6.76. The van der Waals surface area contributed by atoms with Crippen molar-refractivity contribution in [3.05, 3.63) is 34.3 Å². The Kier molecular flexibility index (Phi) is 6.71. The van der Waals surface area contributed by atoms with Gasteiger partial charge in [0, 0.05) is 13.2 Å².